The highest BCUT2D eigenvalue weighted by Gasteiger charge is 2.20. The van der Waals surface area contributed by atoms with E-state index in [2.05, 4.69) is 15.3 Å². The number of thiophene rings is 1. The lowest BCUT2D eigenvalue weighted by Crippen LogP contribution is -2.24. The number of carboxylic acids is 1. The number of fused-ring (bicyclic) bond motifs is 1. The van der Waals surface area contributed by atoms with Gasteiger partial charge >= 0.3 is 5.97 Å². The molecule has 0 fully saturated rings. The second-order valence-electron chi connectivity index (χ2n) is 5.43. The average Bonchev–Trinajstić information content (AvgIpc) is 2.90. The summed E-state index contributed by atoms with van der Waals surface area (Å²) < 4.78 is 10.4. The molecule has 0 bridgehead atoms. The fraction of sp³-hybridized carbons (Fsp3) is 0.500. The Hall–Kier alpha value is -2.26. The summed E-state index contributed by atoms with van der Waals surface area (Å²) in [7, 11) is 3.08. The molecule has 2 aromatic rings. The van der Waals surface area contributed by atoms with E-state index in [9.17, 15) is 9.59 Å². The van der Waals surface area contributed by atoms with Crippen molar-refractivity contribution >= 4 is 33.4 Å². The molecule has 2 N–H and O–H groups in total. The summed E-state index contributed by atoms with van der Waals surface area (Å²) in [6, 6.07) is 0. The summed E-state index contributed by atoms with van der Waals surface area (Å²) >= 11 is 1.28. The van der Waals surface area contributed by atoms with Gasteiger partial charge in [-0.1, -0.05) is 0 Å². The van der Waals surface area contributed by atoms with Crippen LogP contribution < -0.4 is 10.1 Å². The van der Waals surface area contributed by atoms with Crippen LogP contribution in [0.25, 0.3) is 10.2 Å². The van der Waals surface area contributed by atoms with Crippen LogP contribution in [0.2, 0.25) is 0 Å². The van der Waals surface area contributed by atoms with E-state index in [-0.39, 0.29) is 18.9 Å². The summed E-state index contributed by atoms with van der Waals surface area (Å²) in [5.74, 6) is -0.115. The van der Waals surface area contributed by atoms with Gasteiger partial charge in [0.05, 0.1) is 17.4 Å². The van der Waals surface area contributed by atoms with Gasteiger partial charge in [-0.05, 0) is 25.3 Å². The number of ether oxygens (including phenoxy) is 2. The molecule has 0 aliphatic carbocycles. The Bertz CT molecular complexity index is 775. The molecule has 136 valence electrons. The molecule has 2 aromatic heterocycles. The fourth-order valence-electron chi connectivity index (χ4n) is 2.39. The number of aromatic nitrogens is 2. The molecule has 8 nitrogen and oxygen atoms in total. The van der Waals surface area contributed by atoms with Crippen molar-refractivity contribution in [1.29, 1.82) is 0 Å². The molecule has 2 heterocycles. The van der Waals surface area contributed by atoms with Gasteiger partial charge in [0.25, 0.3) is 5.91 Å². The highest BCUT2D eigenvalue weighted by Crippen LogP contribution is 2.34. The number of nitrogens with one attached hydrogen (secondary N) is 1. The van der Waals surface area contributed by atoms with Crippen LogP contribution in [0.1, 0.15) is 40.3 Å². The Morgan fingerprint density at radius 2 is 2.00 bits per heavy atom. The van der Waals surface area contributed by atoms with Gasteiger partial charge in [-0.25, -0.2) is 4.98 Å². The average molecular weight is 367 g/mol. The second kappa shape index (κ2) is 8.72. The number of rotatable bonds is 9. The Morgan fingerprint density at radius 1 is 1.24 bits per heavy atom. The molecular weight excluding hydrogens is 346 g/mol. The third kappa shape index (κ3) is 4.64. The molecule has 0 radical (unpaired) electrons. The quantitative estimate of drug-likeness (QED) is 0.653. The Labute approximate surface area is 149 Å². The highest BCUT2D eigenvalue weighted by atomic mass is 32.1. The summed E-state index contributed by atoms with van der Waals surface area (Å²) in [6.45, 7) is 2.52. The zero-order valence-electron chi connectivity index (χ0n) is 14.4. The number of unbranched alkanes of at least 4 members (excludes halogenated alkanes) is 1. The fourth-order valence-corrected chi connectivity index (χ4v) is 3.49. The van der Waals surface area contributed by atoms with Crippen molar-refractivity contribution in [2.45, 2.75) is 32.8 Å². The zero-order valence-corrected chi connectivity index (χ0v) is 15.2. The number of carbonyl (C=O) groups is 2. The molecule has 25 heavy (non-hydrogen) atoms. The summed E-state index contributed by atoms with van der Waals surface area (Å²) in [6.07, 6.45) is 1.25. The molecule has 0 aliphatic rings. The smallest absolute Gasteiger partial charge is 0.303 e. The van der Waals surface area contributed by atoms with Gasteiger partial charge in [0.1, 0.15) is 11.4 Å². The SMILES string of the molecule is COCc1nc(OC)c2c(C)c(C(=O)NCCCCC(=O)O)sc2n1. The van der Waals surface area contributed by atoms with Crippen LogP contribution in [0.15, 0.2) is 0 Å². The van der Waals surface area contributed by atoms with Gasteiger partial charge in [0, 0.05) is 20.1 Å². The molecule has 0 aromatic carbocycles. The molecular formula is C16H21N3O5S. The maximum atomic E-state index is 12.4. The molecule has 0 saturated carbocycles. The molecule has 2 rings (SSSR count). The van der Waals surface area contributed by atoms with Crippen molar-refractivity contribution in [3.63, 3.8) is 0 Å². The molecule has 0 spiro atoms. The second-order valence-corrected chi connectivity index (χ2v) is 6.42. The summed E-state index contributed by atoms with van der Waals surface area (Å²) in [5, 5.41) is 12.1. The molecule has 0 saturated heterocycles. The topological polar surface area (TPSA) is 111 Å². The minimum atomic E-state index is -0.829. The minimum Gasteiger partial charge on any atom is -0.481 e. The molecule has 1 amide bonds. The van der Waals surface area contributed by atoms with E-state index in [0.717, 1.165) is 10.9 Å². The van der Waals surface area contributed by atoms with E-state index in [1.54, 1.807) is 7.11 Å². The lowest BCUT2D eigenvalue weighted by molar-refractivity contribution is -0.137. The summed E-state index contributed by atoms with van der Waals surface area (Å²) in [5.41, 5.74) is 0.767. The van der Waals surface area contributed by atoms with Crippen molar-refractivity contribution in [2.24, 2.45) is 0 Å². The van der Waals surface area contributed by atoms with E-state index >= 15 is 0 Å². The lowest BCUT2D eigenvalue weighted by Gasteiger charge is -2.05. The van der Waals surface area contributed by atoms with Crippen molar-refractivity contribution in [3.05, 3.63) is 16.3 Å². The summed E-state index contributed by atoms with van der Waals surface area (Å²) in [4.78, 5) is 32.8. The van der Waals surface area contributed by atoms with Crippen LogP contribution >= 0.6 is 11.3 Å². The van der Waals surface area contributed by atoms with E-state index in [1.807, 2.05) is 6.92 Å². The molecule has 0 unspecified atom stereocenters. The standard InChI is InChI=1S/C16H21N3O5S/c1-9-12-15(24-3)18-10(8-23-2)19-16(12)25-13(9)14(22)17-7-5-4-6-11(20)21/h4-8H2,1-3H3,(H,17,22)(H,20,21). The highest BCUT2D eigenvalue weighted by molar-refractivity contribution is 7.20. The van der Waals surface area contributed by atoms with Crippen LogP contribution in [-0.4, -0.2) is 47.7 Å². The lowest BCUT2D eigenvalue weighted by atomic mass is 10.2. The van der Waals surface area contributed by atoms with Gasteiger partial charge in [-0.3, -0.25) is 9.59 Å². The minimum absolute atomic E-state index is 0.104. The first kappa shape index (κ1) is 19.1. The van der Waals surface area contributed by atoms with Gasteiger partial charge in [-0.2, -0.15) is 4.98 Å². The predicted molar refractivity (Wildman–Crippen MR) is 93.2 cm³/mol. The zero-order chi connectivity index (χ0) is 18.4. The Balaban J connectivity index is 2.16. The number of hydrogen-bond donors (Lipinski definition) is 2. The first-order valence-electron chi connectivity index (χ1n) is 7.80. The Kier molecular flexibility index (Phi) is 6.65. The van der Waals surface area contributed by atoms with Crippen LogP contribution in [0, 0.1) is 6.92 Å². The third-order valence-electron chi connectivity index (χ3n) is 3.58. The number of aliphatic carboxylic acids is 1. The normalized spacial score (nSPS) is 10.8. The van der Waals surface area contributed by atoms with Gasteiger partial charge in [-0.15, -0.1) is 11.3 Å². The first-order valence-corrected chi connectivity index (χ1v) is 8.62. The number of nitrogens with zero attached hydrogens (tertiary/aromatic N) is 2. The van der Waals surface area contributed by atoms with E-state index < -0.39 is 5.97 Å². The van der Waals surface area contributed by atoms with E-state index in [1.165, 1.54) is 18.4 Å². The van der Waals surface area contributed by atoms with E-state index in [4.69, 9.17) is 14.6 Å². The van der Waals surface area contributed by atoms with Crippen LogP contribution in [0.5, 0.6) is 5.88 Å². The van der Waals surface area contributed by atoms with Gasteiger partial charge in [0.15, 0.2) is 5.82 Å². The molecule has 0 atom stereocenters. The number of hydrogen-bond acceptors (Lipinski definition) is 7. The number of amides is 1. The van der Waals surface area contributed by atoms with Gasteiger partial charge in [0.2, 0.25) is 5.88 Å². The monoisotopic (exact) mass is 367 g/mol. The largest absolute Gasteiger partial charge is 0.481 e. The van der Waals surface area contributed by atoms with Crippen molar-refractivity contribution in [1.82, 2.24) is 15.3 Å². The number of methoxy groups -OCH3 is 2. The maximum absolute atomic E-state index is 12.4. The number of carboxylic acid groups (broad SMARTS) is 1. The predicted octanol–water partition coefficient (Wildman–Crippen LogP) is 2.14. The maximum Gasteiger partial charge on any atom is 0.303 e. The van der Waals surface area contributed by atoms with Crippen molar-refractivity contribution < 1.29 is 24.2 Å². The van der Waals surface area contributed by atoms with Crippen LogP contribution in [0.4, 0.5) is 0 Å². The Morgan fingerprint density at radius 3 is 2.64 bits per heavy atom. The number of carbonyl (C=O) groups excluding carboxylic acids is 1. The molecule has 9 heteroatoms. The third-order valence-corrected chi connectivity index (χ3v) is 4.76. The van der Waals surface area contributed by atoms with Gasteiger partial charge < -0.3 is 19.9 Å². The molecule has 0 aliphatic heterocycles. The van der Waals surface area contributed by atoms with E-state index in [0.29, 0.717) is 40.8 Å². The number of aryl methyl sites for hydroxylation is 1. The first-order chi connectivity index (χ1) is 12.0. The van der Waals surface area contributed by atoms with Crippen LogP contribution in [-0.2, 0) is 16.1 Å². The van der Waals surface area contributed by atoms with Crippen LogP contribution in [0.3, 0.4) is 0 Å². The van der Waals surface area contributed by atoms with Crippen molar-refractivity contribution in [2.75, 3.05) is 20.8 Å². The van der Waals surface area contributed by atoms with Crippen molar-refractivity contribution in [3.8, 4) is 5.88 Å².